The van der Waals surface area contributed by atoms with Crippen molar-refractivity contribution < 1.29 is 15.0 Å². The fourth-order valence-electron chi connectivity index (χ4n) is 8.89. The lowest BCUT2D eigenvalue weighted by Gasteiger charge is -2.19. The Bertz CT molecular complexity index is 1630. The summed E-state index contributed by atoms with van der Waals surface area (Å²) in [7, 11) is 0. The molecule has 0 aromatic carbocycles. The lowest BCUT2D eigenvalue weighted by atomic mass is 10.0. The van der Waals surface area contributed by atoms with Crippen molar-refractivity contribution in [3.05, 3.63) is 158 Å². The van der Waals surface area contributed by atoms with Crippen LogP contribution in [0.2, 0.25) is 0 Å². The van der Waals surface area contributed by atoms with Gasteiger partial charge in [-0.25, -0.2) is 0 Å². The summed E-state index contributed by atoms with van der Waals surface area (Å²) >= 11 is 0. The predicted octanol–water partition coefficient (Wildman–Crippen LogP) is 22.1. The average molecular weight is 1060 g/mol. The molecule has 0 heterocycles. The number of nitrogens with one attached hydrogen (secondary N) is 1. The zero-order valence-corrected chi connectivity index (χ0v) is 50.2. The fourth-order valence-corrected chi connectivity index (χ4v) is 8.89. The van der Waals surface area contributed by atoms with E-state index in [0.29, 0.717) is 6.42 Å². The first-order valence-electron chi connectivity index (χ1n) is 32.2. The summed E-state index contributed by atoms with van der Waals surface area (Å²) in [5, 5.41) is 23.2. The predicted molar refractivity (Wildman–Crippen MR) is 344 cm³/mol. The minimum absolute atomic E-state index is 0.107. The number of amides is 1. The van der Waals surface area contributed by atoms with Gasteiger partial charge < -0.3 is 15.5 Å². The van der Waals surface area contributed by atoms with Gasteiger partial charge in [-0.05, 0) is 122 Å². The quantitative estimate of drug-likeness (QED) is 0.0420. The molecule has 0 fully saturated rings. The first-order valence-corrected chi connectivity index (χ1v) is 32.2. The number of hydrogen-bond donors (Lipinski definition) is 3. The lowest BCUT2D eigenvalue weighted by Crippen LogP contribution is -2.45. The van der Waals surface area contributed by atoms with Crippen LogP contribution in [0.3, 0.4) is 0 Å². The maximum atomic E-state index is 12.5. The molecule has 0 rings (SSSR count). The molecule has 0 aliphatic heterocycles. The molecule has 0 aliphatic carbocycles. The molecule has 3 N–H and O–H groups in total. The van der Waals surface area contributed by atoms with Gasteiger partial charge in [0.05, 0.1) is 18.8 Å². The van der Waals surface area contributed by atoms with E-state index in [1.807, 2.05) is 6.08 Å². The van der Waals surface area contributed by atoms with E-state index in [0.717, 1.165) is 122 Å². The molecular formula is C73H121NO3. The van der Waals surface area contributed by atoms with Crippen molar-refractivity contribution in [2.75, 3.05) is 6.61 Å². The van der Waals surface area contributed by atoms with Crippen molar-refractivity contribution in [2.24, 2.45) is 0 Å². The third kappa shape index (κ3) is 62.7. The van der Waals surface area contributed by atoms with Gasteiger partial charge in [-0.2, -0.15) is 0 Å². The van der Waals surface area contributed by atoms with Crippen LogP contribution in [0.1, 0.15) is 277 Å². The van der Waals surface area contributed by atoms with Gasteiger partial charge in [0.2, 0.25) is 5.91 Å². The standard InChI is InChI=1S/C73H121NO3/c1-3-5-7-9-11-13-15-17-19-21-23-25-27-29-31-33-35-36-37-38-39-41-43-45-47-49-51-53-55-57-59-61-63-65-67-69-73(77)74-71(70-75)72(76)68-66-64-62-60-58-56-54-52-50-48-46-44-42-40-34-32-30-28-26-24-22-20-18-16-14-12-10-8-6-4-2/h5,7,11,13,17,19,23,25,29,31,35-36,38-39,43,45,49-52,55,57-58,60,66,68,71-72,75-76H,3-4,6,8-10,12,14-16,18,20-22,24,26-28,30,32-34,37,40-42,44,46-48,53-54,56,59,61-65,67,69-70H2,1-2H3,(H,74,77)/b7-5-,13-11-,19-17-,25-23-,31-29-,36-35-,39-38-,45-43-,51-49-,52-50+,57-55-,60-58+,68-66+. The van der Waals surface area contributed by atoms with Crippen molar-refractivity contribution in [3.63, 3.8) is 0 Å². The fraction of sp³-hybridized carbons (Fsp3) is 0.630. The summed E-state index contributed by atoms with van der Waals surface area (Å²) in [5.74, 6) is -0.107. The highest BCUT2D eigenvalue weighted by Crippen LogP contribution is 2.16. The van der Waals surface area contributed by atoms with Crippen LogP contribution in [0.4, 0.5) is 0 Å². The third-order valence-corrected chi connectivity index (χ3v) is 13.7. The molecule has 0 radical (unpaired) electrons. The number of aliphatic hydroxyl groups excluding tert-OH is 2. The number of rotatable bonds is 57. The lowest BCUT2D eigenvalue weighted by molar-refractivity contribution is -0.123. The highest BCUT2D eigenvalue weighted by molar-refractivity contribution is 5.76. The van der Waals surface area contributed by atoms with Crippen LogP contribution >= 0.6 is 0 Å². The highest BCUT2D eigenvalue weighted by Gasteiger charge is 2.18. The summed E-state index contributed by atoms with van der Waals surface area (Å²) in [6.45, 7) is 4.18. The van der Waals surface area contributed by atoms with Gasteiger partial charge in [-0.3, -0.25) is 4.79 Å². The third-order valence-electron chi connectivity index (χ3n) is 13.7. The van der Waals surface area contributed by atoms with Gasteiger partial charge in [-0.15, -0.1) is 0 Å². The van der Waals surface area contributed by atoms with Gasteiger partial charge >= 0.3 is 0 Å². The zero-order chi connectivity index (χ0) is 55.5. The van der Waals surface area contributed by atoms with E-state index < -0.39 is 12.1 Å². The van der Waals surface area contributed by atoms with Crippen LogP contribution in [-0.4, -0.2) is 34.9 Å². The molecule has 0 spiro atoms. The molecule has 77 heavy (non-hydrogen) atoms. The van der Waals surface area contributed by atoms with E-state index in [2.05, 4.69) is 165 Å². The van der Waals surface area contributed by atoms with E-state index in [1.165, 1.54) is 135 Å². The number of aliphatic hydroxyl groups is 2. The Labute approximate surface area is 477 Å². The molecule has 2 unspecified atom stereocenters. The van der Waals surface area contributed by atoms with E-state index in [1.54, 1.807) is 6.08 Å². The topological polar surface area (TPSA) is 69.6 Å². The summed E-state index contributed by atoms with van der Waals surface area (Å²) in [6.07, 6.45) is 106. The van der Waals surface area contributed by atoms with Gasteiger partial charge in [0.15, 0.2) is 0 Å². The molecule has 0 saturated carbocycles. The van der Waals surface area contributed by atoms with Gasteiger partial charge in [0.25, 0.3) is 0 Å². The maximum Gasteiger partial charge on any atom is 0.220 e. The zero-order valence-electron chi connectivity index (χ0n) is 50.2. The second kappa shape index (κ2) is 66.3. The van der Waals surface area contributed by atoms with Crippen molar-refractivity contribution >= 4 is 5.91 Å². The van der Waals surface area contributed by atoms with Crippen molar-refractivity contribution in [3.8, 4) is 0 Å². The molecule has 0 bridgehead atoms. The first-order chi connectivity index (χ1) is 38.2. The molecule has 4 heteroatoms. The number of unbranched alkanes of at least 4 members (excludes halogenated alkanes) is 26. The Morgan fingerprint density at radius 3 is 0.909 bits per heavy atom. The van der Waals surface area contributed by atoms with Crippen LogP contribution < -0.4 is 5.32 Å². The maximum absolute atomic E-state index is 12.5. The monoisotopic (exact) mass is 1060 g/mol. The highest BCUT2D eigenvalue weighted by atomic mass is 16.3. The van der Waals surface area contributed by atoms with Crippen molar-refractivity contribution in [1.82, 2.24) is 5.32 Å². The number of allylic oxidation sites excluding steroid dienone is 25. The van der Waals surface area contributed by atoms with Gasteiger partial charge in [0, 0.05) is 6.42 Å². The SMILES string of the molecule is CC/C=C\C/C=C\C/C=C\C/C=C\C/C=C\C/C=C\C/C=C\C/C=C\C/C=C\C/C=C\CCCCCCC(=O)NC(CO)C(O)/C=C/CC/C=C/CC/C=C/CCCCCCCCCCCCCCCCCCCCCC. The van der Waals surface area contributed by atoms with Gasteiger partial charge in [-0.1, -0.05) is 307 Å². The van der Waals surface area contributed by atoms with Gasteiger partial charge in [0.1, 0.15) is 0 Å². The first kappa shape index (κ1) is 73.0. The second-order valence-electron chi connectivity index (χ2n) is 21.1. The number of carbonyl (C=O) groups excluding carboxylic acids is 1. The number of carbonyl (C=O) groups is 1. The van der Waals surface area contributed by atoms with E-state index >= 15 is 0 Å². The van der Waals surface area contributed by atoms with E-state index in [9.17, 15) is 15.0 Å². The Morgan fingerprint density at radius 1 is 0.325 bits per heavy atom. The largest absolute Gasteiger partial charge is 0.394 e. The molecule has 0 aromatic rings. The normalized spacial score (nSPS) is 13.9. The number of hydrogen-bond acceptors (Lipinski definition) is 3. The van der Waals surface area contributed by atoms with Crippen LogP contribution in [-0.2, 0) is 4.79 Å². The van der Waals surface area contributed by atoms with Crippen molar-refractivity contribution in [1.29, 1.82) is 0 Å². The smallest absolute Gasteiger partial charge is 0.220 e. The summed E-state index contributed by atoms with van der Waals surface area (Å²) in [4.78, 5) is 12.5. The molecule has 0 aliphatic rings. The summed E-state index contributed by atoms with van der Waals surface area (Å²) in [5.41, 5.74) is 0. The molecule has 0 saturated heterocycles. The average Bonchev–Trinajstić information content (AvgIpc) is 3.43. The molecule has 0 aromatic heterocycles. The minimum Gasteiger partial charge on any atom is -0.394 e. The van der Waals surface area contributed by atoms with Crippen LogP contribution in [0.5, 0.6) is 0 Å². The summed E-state index contributed by atoms with van der Waals surface area (Å²) < 4.78 is 0. The van der Waals surface area contributed by atoms with Crippen LogP contribution in [0, 0.1) is 0 Å². The minimum atomic E-state index is -0.895. The van der Waals surface area contributed by atoms with Crippen LogP contribution in [0.15, 0.2) is 158 Å². The Kier molecular flexibility index (Phi) is 62.9. The molecule has 1 amide bonds. The molecule has 4 nitrogen and oxygen atoms in total. The molecule has 436 valence electrons. The molecular weight excluding hydrogens is 939 g/mol. The Morgan fingerprint density at radius 2 is 0.584 bits per heavy atom. The van der Waals surface area contributed by atoms with Crippen LogP contribution in [0.25, 0.3) is 0 Å². The Balaban J connectivity index is 3.69. The molecule has 2 atom stereocenters. The summed E-state index contributed by atoms with van der Waals surface area (Å²) in [6, 6.07) is -0.674. The van der Waals surface area contributed by atoms with E-state index in [4.69, 9.17) is 0 Å². The van der Waals surface area contributed by atoms with Crippen molar-refractivity contribution in [2.45, 2.75) is 289 Å². The van der Waals surface area contributed by atoms with E-state index in [-0.39, 0.29) is 12.5 Å². The second-order valence-corrected chi connectivity index (χ2v) is 21.1. The Hall–Kier alpha value is -3.99.